The number of aliphatic hydroxyl groups is 1. The predicted octanol–water partition coefficient (Wildman–Crippen LogP) is 9.85. The second-order valence-corrected chi connectivity index (χ2v) is 25.3. The Morgan fingerprint density at radius 1 is 0.937 bits per heavy atom. The van der Waals surface area contributed by atoms with E-state index in [1.54, 1.807) is 13.2 Å². The highest BCUT2D eigenvalue weighted by atomic mass is 32.2. The molecule has 1 spiro atoms. The molecule has 0 bridgehead atoms. The van der Waals surface area contributed by atoms with E-state index in [1.165, 1.54) is 41.9 Å². The van der Waals surface area contributed by atoms with Crippen LogP contribution in [-0.2, 0) is 16.6 Å². The summed E-state index contributed by atoms with van der Waals surface area (Å²) in [6.45, 7) is 13.7. The van der Waals surface area contributed by atoms with Crippen LogP contribution in [0.3, 0.4) is 0 Å². The molecule has 7 aromatic rings. The van der Waals surface area contributed by atoms with Crippen LogP contribution in [0.15, 0.2) is 102 Å². The zero-order valence-electron chi connectivity index (χ0n) is 45.9. The standard InChI is InChI=1S/C61H75N11O6S/c1-39(2)46-8-5-6-9-47(46)52-37-69(36-41-10-13-45(77-4)14-11-41)27-28-71(52)44-33-61(34-44)21-25-70(26-22-61)43-12-15-48(50(31-43)72-24-7-29-78-59-51(72)30-42-18-23-63-57(42)67-59)58(73)68-79(75,76)53-32-49(62)54(56-55(53)65-38-66-56)64-35-40-16-19-60(3,74)20-17-40/h5-6,8-15,18,23,30-32,38-40,44,52,64,74H,7,16-17,19-22,24-29,33-37,62H2,1-4H3,(H,63,67)(H,65,66)(H,68,73)/t40-,52?,60-. The van der Waals surface area contributed by atoms with Gasteiger partial charge in [-0.3, -0.25) is 14.6 Å². The highest BCUT2D eigenvalue weighted by molar-refractivity contribution is 7.90. The van der Waals surface area contributed by atoms with E-state index in [0.717, 1.165) is 81.8 Å². The Morgan fingerprint density at radius 2 is 1.72 bits per heavy atom. The van der Waals surface area contributed by atoms with Crippen molar-refractivity contribution in [3.05, 3.63) is 120 Å². The molecule has 12 rings (SSSR count). The number of nitrogens with two attached hydrogens (primary N) is 1. The number of hydrogen-bond donors (Lipinski definition) is 6. The number of benzene rings is 4. The number of aromatic nitrogens is 4. The number of anilines is 5. The number of fused-ring (bicyclic) bond motifs is 3. The van der Waals surface area contributed by atoms with Gasteiger partial charge in [0, 0.05) is 81.7 Å². The average molecular weight is 1090 g/mol. The Kier molecular flexibility index (Phi) is 14.3. The number of piperidine rings is 1. The van der Waals surface area contributed by atoms with Crippen LogP contribution in [0, 0.1) is 11.3 Å². The van der Waals surface area contributed by atoms with Gasteiger partial charge in [-0.05, 0) is 147 Å². The normalized spacial score (nSPS) is 22.2. The summed E-state index contributed by atoms with van der Waals surface area (Å²) in [6.07, 6.45) is 11.5. The fourth-order valence-electron chi connectivity index (χ4n) is 13.5. The van der Waals surface area contributed by atoms with E-state index in [1.807, 2.05) is 37.4 Å². The van der Waals surface area contributed by atoms with E-state index in [2.05, 4.69) is 107 Å². The molecule has 0 radical (unpaired) electrons. The van der Waals surface area contributed by atoms with Crippen molar-refractivity contribution >= 4 is 66.4 Å². The quantitative estimate of drug-likeness (QED) is 0.0560. The van der Waals surface area contributed by atoms with Gasteiger partial charge in [0.25, 0.3) is 15.9 Å². The Bertz CT molecular complexity index is 3460. The smallest absolute Gasteiger partial charge is 0.267 e. The molecule has 1 unspecified atom stereocenters. The predicted molar refractivity (Wildman–Crippen MR) is 311 cm³/mol. The van der Waals surface area contributed by atoms with Crippen molar-refractivity contribution in [1.29, 1.82) is 0 Å². The van der Waals surface area contributed by atoms with Crippen LogP contribution in [-0.4, -0.2) is 120 Å². The lowest BCUT2D eigenvalue weighted by Crippen LogP contribution is -2.60. The van der Waals surface area contributed by atoms with E-state index < -0.39 is 21.5 Å². The first-order valence-electron chi connectivity index (χ1n) is 28.4. The summed E-state index contributed by atoms with van der Waals surface area (Å²) in [4.78, 5) is 40.1. The summed E-state index contributed by atoms with van der Waals surface area (Å²) in [5, 5.41) is 14.8. The molecule has 1 amide bonds. The number of ether oxygens (including phenoxy) is 2. The molecule has 3 aliphatic heterocycles. The zero-order valence-corrected chi connectivity index (χ0v) is 46.7. The minimum absolute atomic E-state index is 0.166. The number of hydrogen-bond acceptors (Lipinski definition) is 14. The minimum atomic E-state index is -4.52. The SMILES string of the molecule is COc1ccc(CN2CCN(C3CC4(CCN(c5ccc(C(=O)NS(=O)(=O)c6cc(N)c(NC[C@H]7CC[C@](C)(O)CC7)c7[nH]cnc67)c(N6CCCOc7nc8[nH]ccc8cc76)c5)CC4)C3)C(c3ccccc3C(C)C)C2)cc1. The van der Waals surface area contributed by atoms with Crippen LogP contribution in [0.1, 0.15) is 118 Å². The van der Waals surface area contributed by atoms with Crippen molar-refractivity contribution in [1.82, 2.24) is 34.5 Å². The summed E-state index contributed by atoms with van der Waals surface area (Å²) in [5.74, 6) is 1.28. The third-order valence-corrected chi connectivity index (χ3v) is 19.4. The van der Waals surface area contributed by atoms with Crippen molar-refractivity contribution in [2.24, 2.45) is 11.3 Å². The number of nitrogens with zero attached hydrogens (tertiary/aromatic N) is 6. The maximum Gasteiger partial charge on any atom is 0.267 e. The molecule has 4 aromatic carbocycles. The minimum Gasteiger partial charge on any atom is -0.497 e. The number of rotatable bonds is 14. The summed E-state index contributed by atoms with van der Waals surface area (Å²) in [7, 11) is -2.81. The molecule has 17 nitrogen and oxygen atoms in total. The summed E-state index contributed by atoms with van der Waals surface area (Å²) >= 11 is 0. The highest BCUT2D eigenvalue weighted by Gasteiger charge is 2.50. The van der Waals surface area contributed by atoms with Crippen LogP contribution in [0.4, 0.5) is 28.4 Å². The topological polar surface area (TPSA) is 210 Å². The number of nitrogens with one attached hydrogen (secondary N) is 4. The maximum atomic E-state index is 14.8. The van der Waals surface area contributed by atoms with E-state index in [4.69, 9.17) is 20.2 Å². The molecule has 18 heteroatoms. The number of H-pyrrole nitrogens is 2. The molecule has 3 aromatic heterocycles. The number of methoxy groups -OCH3 is 1. The monoisotopic (exact) mass is 1090 g/mol. The van der Waals surface area contributed by atoms with Crippen molar-refractivity contribution in [2.75, 3.05) is 80.4 Å². The van der Waals surface area contributed by atoms with Crippen molar-refractivity contribution in [2.45, 2.75) is 114 Å². The van der Waals surface area contributed by atoms with E-state index in [0.29, 0.717) is 97.0 Å². The Morgan fingerprint density at radius 3 is 2.49 bits per heavy atom. The third-order valence-electron chi connectivity index (χ3n) is 18.1. The van der Waals surface area contributed by atoms with Crippen LogP contribution in [0.5, 0.6) is 11.6 Å². The highest BCUT2D eigenvalue weighted by Crippen LogP contribution is 2.54. The lowest BCUT2D eigenvalue weighted by molar-refractivity contribution is -0.0628. The fourth-order valence-corrected chi connectivity index (χ4v) is 14.6. The molecule has 1 atom stereocenters. The van der Waals surface area contributed by atoms with Gasteiger partial charge in [-0.2, -0.15) is 4.98 Å². The molecule has 416 valence electrons. The largest absolute Gasteiger partial charge is 0.497 e. The second kappa shape index (κ2) is 21.3. The van der Waals surface area contributed by atoms with E-state index in [9.17, 15) is 18.3 Å². The van der Waals surface area contributed by atoms with Gasteiger partial charge in [-0.1, -0.05) is 50.2 Å². The molecular weight excluding hydrogens is 1010 g/mol. The molecule has 2 saturated carbocycles. The molecule has 4 fully saturated rings. The molecule has 2 aliphatic carbocycles. The number of carbonyl (C=O) groups is 1. The zero-order chi connectivity index (χ0) is 54.6. The van der Waals surface area contributed by atoms with E-state index in [-0.39, 0.29) is 27.1 Å². The number of nitrogen functional groups attached to an aromatic ring is 1. The third kappa shape index (κ3) is 10.6. The number of imidazole rings is 1. The van der Waals surface area contributed by atoms with Gasteiger partial charge in [0.2, 0.25) is 5.88 Å². The fraction of sp³-hybridized carbons (Fsp3) is 0.459. The molecule has 7 N–H and O–H groups in total. The number of aromatic amines is 2. The number of pyridine rings is 1. The molecule has 2 saturated heterocycles. The first-order valence-corrected chi connectivity index (χ1v) is 29.9. The van der Waals surface area contributed by atoms with Crippen molar-refractivity contribution < 1.29 is 27.8 Å². The maximum absolute atomic E-state index is 14.8. The number of piperazine rings is 1. The van der Waals surface area contributed by atoms with Gasteiger partial charge in [0.1, 0.15) is 27.5 Å². The van der Waals surface area contributed by atoms with Crippen LogP contribution in [0.2, 0.25) is 0 Å². The lowest BCUT2D eigenvalue weighted by atomic mass is 9.59. The lowest BCUT2D eigenvalue weighted by Gasteiger charge is -2.58. The van der Waals surface area contributed by atoms with Crippen molar-refractivity contribution in [3.63, 3.8) is 0 Å². The Balaban J connectivity index is 0.784. The van der Waals surface area contributed by atoms with Gasteiger partial charge >= 0.3 is 0 Å². The van der Waals surface area contributed by atoms with Crippen LogP contribution in [0.25, 0.3) is 22.1 Å². The molecule has 6 heterocycles. The van der Waals surface area contributed by atoms with Gasteiger partial charge in [-0.25, -0.2) is 18.1 Å². The van der Waals surface area contributed by atoms with Gasteiger partial charge in [0.15, 0.2) is 0 Å². The Hall–Kier alpha value is -6.86. The summed E-state index contributed by atoms with van der Waals surface area (Å²) < 4.78 is 43.2. The van der Waals surface area contributed by atoms with Crippen LogP contribution < -0.4 is 35.0 Å². The molecular formula is C61H75N11O6S. The number of carbonyl (C=O) groups excluding carboxylic acids is 1. The van der Waals surface area contributed by atoms with Gasteiger partial charge < -0.3 is 45.4 Å². The van der Waals surface area contributed by atoms with Crippen molar-refractivity contribution in [3.8, 4) is 11.6 Å². The summed E-state index contributed by atoms with van der Waals surface area (Å²) in [5.41, 5.74) is 14.9. The summed E-state index contributed by atoms with van der Waals surface area (Å²) in [6, 6.07) is 29.5. The second-order valence-electron chi connectivity index (χ2n) is 23.7. The first-order chi connectivity index (χ1) is 38.1. The molecule has 79 heavy (non-hydrogen) atoms. The van der Waals surface area contributed by atoms with Gasteiger partial charge in [0.05, 0.1) is 53.8 Å². The number of sulfonamides is 1. The van der Waals surface area contributed by atoms with Gasteiger partial charge in [-0.15, -0.1) is 0 Å². The average Bonchev–Trinajstić information content (AvgIpc) is 4.27. The number of amides is 1. The van der Waals surface area contributed by atoms with Crippen LogP contribution >= 0.6 is 0 Å². The van der Waals surface area contributed by atoms with E-state index >= 15 is 0 Å². The molecule has 5 aliphatic rings. The Labute approximate surface area is 463 Å². The first kappa shape index (κ1) is 52.8.